The molecule has 7 heteroatoms. The number of aryl methyl sites for hydroxylation is 1. The van der Waals surface area contributed by atoms with Gasteiger partial charge in [-0.15, -0.1) is 0 Å². The highest BCUT2D eigenvalue weighted by molar-refractivity contribution is 7.88. The highest BCUT2D eigenvalue weighted by atomic mass is 32.2. The molecule has 138 valence electrons. The van der Waals surface area contributed by atoms with E-state index in [0.29, 0.717) is 31.7 Å². The standard InChI is InChI=1S/C18H26N2O4S/c1-3-4-15-5-7-16(8-6-15)17(21)9-10-18(22)19-11-13-20(14-12-19)25(2,23)24/h5-8H,3-4,9-14H2,1-2H3. The molecule has 1 amide bonds. The number of carbonyl (C=O) groups is 2. The van der Waals surface area contributed by atoms with Crippen LogP contribution >= 0.6 is 0 Å². The Morgan fingerprint density at radius 2 is 1.60 bits per heavy atom. The summed E-state index contributed by atoms with van der Waals surface area (Å²) in [5, 5.41) is 0. The SMILES string of the molecule is CCCc1ccc(C(=O)CCC(=O)N2CCN(S(C)(=O)=O)CC2)cc1. The molecule has 0 bridgehead atoms. The summed E-state index contributed by atoms with van der Waals surface area (Å²) in [7, 11) is -3.20. The van der Waals surface area contributed by atoms with E-state index in [4.69, 9.17) is 0 Å². The fourth-order valence-corrected chi connectivity index (χ4v) is 3.76. The van der Waals surface area contributed by atoms with Crippen molar-refractivity contribution in [2.75, 3.05) is 32.4 Å². The predicted molar refractivity (Wildman–Crippen MR) is 97.0 cm³/mol. The minimum absolute atomic E-state index is 0.0360. The Morgan fingerprint density at radius 1 is 1.00 bits per heavy atom. The van der Waals surface area contributed by atoms with E-state index in [9.17, 15) is 18.0 Å². The number of carbonyl (C=O) groups excluding carboxylic acids is 2. The van der Waals surface area contributed by atoms with Crippen molar-refractivity contribution >= 4 is 21.7 Å². The minimum Gasteiger partial charge on any atom is -0.340 e. The number of hydrogen-bond donors (Lipinski definition) is 0. The van der Waals surface area contributed by atoms with Crippen LogP contribution in [0.1, 0.15) is 42.1 Å². The van der Waals surface area contributed by atoms with E-state index in [1.54, 1.807) is 4.90 Å². The molecule has 0 N–H and O–H groups in total. The third-order valence-corrected chi connectivity index (χ3v) is 5.74. The third-order valence-electron chi connectivity index (χ3n) is 4.44. The molecule has 1 aliphatic rings. The largest absolute Gasteiger partial charge is 0.340 e. The van der Waals surface area contributed by atoms with E-state index in [0.717, 1.165) is 12.8 Å². The van der Waals surface area contributed by atoms with Gasteiger partial charge in [-0.25, -0.2) is 8.42 Å². The maximum Gasteiger partial charge on any atom is 0.223 e. The van der Waals surface area contributed by atoms with Crippen LogP contribution in [0.15, 0.2) is 24.3 Å². The quantitative estimate of drug-likeness (QED) is 0.689. The van der Waals surface area contributed by atoms with Gasteiger partial charge in [-0.2, -0.15) is 4.31 Å². The maximum atomic E-state index is 12.2. The zero-order valence-electron chi connectivity index (χ0n) is 14.9. The number of piperazine rings is 1. The fraction of sp³-hybridized carbons (Fsp3) is 0.556. The number of hydrogen-bond acceptors (Lipinski definition) is 4. The van der Waals surface area contributed by atoms with Gasteiger partial charge in [0.25, 0.3) is 0 Å². The van der Waals surface area contributed by atoms with E-state index in [1.807, 2.05) is 24.3 Å². The van der Waals surface area contributed by atoms with E-state index < -0.39 is 10.0 Å². The molecule has 6 nitrogen and oxygen atoms in total. The van der Waals surface area contributed by atoms with Gasteiger partial charge in [0.2, 0.25) is 15.9 Å². The molecule has 0 atom stereocenters. The Morgan fingerprint density at radius 3 is 2.12 bits per heavy atom. The second kappa shape index (κ2) is 8.58. The second-order valence-corrected chi connectivity index (χ2v) is 8.40. The number of sulfonamides is 1. The van der Waals surface area contributed by atoms with Gasteiger partial charge in [0.15, 0.2) is 5.78 Å². The average molecular weight is 366 g/mol. The van der Waals surface area contributed by atoms with Crippen LogP contribution in [-0.2, 0) is 21.2 Å². The van der Waals surface area contributed by atoms with Gasteiger partial charge >= 0.3 is 0 Å². The zero-order valence-corrected chi connectivity index (χ0v) is 15.7. The molecule has 1 saturated heterocycles. The fourth-order valence-electron chi connectivity index (χ4n) is 2.94. The molecule has 1 aromatic carbocycles. The summed E-state index contributed by atoms with van der Waals surface area (Å²) in [4.78, 5) is 26.1. The number of ketones is 1. The third kappa shape index (κ3) is 5.64. The van der Waals surface area contributed by atoms with Crippen molar-refractivity contribution in [1.82, 2.24) is 9.21 Å². The van der Waals surface area contributed by atoms with Crippen molar-refractivity contribution in [3.05, 3.63) is 35.4 Å². The lowest BCUT2D eigenvalue weighted by molar-refractivity contribution is -0.132. The number of amides is 1. The van der Waals surface area contributed by atoms with E-state index in [2.05, 4.69) is 6.92 Å². The summed E-state index contributed by atoms with van der Waals surface area (Å²) in [5.41, 5.74) is 1.84. The first-order valence-corrected chi connectivity index (χ1v) is 10.5. The lowest BCUT2D eigenvalue weighted by Gasteiger charge is -2.33. The Bertz CT molecular complexity index is 705. The molecule has 0 unspecified atom stereocenters. The van der Waals surface area contributed by atoms with Crippen LogP contribution in [0.2, 0.25) is 0 Å². The lowest BCUT2D eigenvalue weighted by Crippen LogP contribution is -2.50. The minimum atomic E-state index is -3.20. The van der Waals surface area contributed by atoms with Crippen molar-refractivity contribution in [3.8, 4) is 0 Å². The summed E-state index contributed by atoms with van der Waals surface area (Å²) in [5.74, 6) is -0.129. The highest BCUT2D eigenvalue weighted by Crippen LogP contribution is 2.12. The smallest absolute Gasteiger partial charge is 0.223 e. The van der Waals surface area contributed by atoms with E-state index in [1.165, 1.54) is 16.1 Å². The highest BCUT2D eigenvalue weighted by Gasteiger charge is 2.26. The Labute approximate surface area is 149 Å². The van der Waals surface area contributed by atoms with Crippen molar-refractivity contribution in [2.24, 2.45) is 0 Å². The van der Waals surface area contributed by atoms with Gasteiger partial charge in [0.05, 0.1) is 6.26 Å². The molecule has 2 rings (SSSR count). The Balaban J connectivity index is 1.81. The molecule has 0 aliphatic carbocycles. The van der Waals surface area contributed by atoms with Gasteiger partial charge in [0.1, 0.15) is 0 Å². The van der Waals surface area contributed by atoms with Crippen molar-refractivity contribution < 1.29 is 18.0 Å². The molecule has 1 aromatic rings. The number of nitrogens with zero attached hydrogens (tertiary/aromatic N) is 2. The van der Waals surface area contributed by atoms with Gasteiger partial charge < -0.3 is 4.90 Å². The van der Waals surface area contributed by atoms with Crippen LogP contribution in [0.4, 0.5) is 0 Å². The van der Waals surface area contributed by atoms with Gasteiger partial charge in [-0.3, -0.25) is 9.59 Å². The zero-order chi connectivity index (χ0) is 18.4. The van der Waals surface area contributed by atoms with Crippen molar-refractivity contribution in [1.29, 1.82) is 0 Å². The summed E-state index contributed by atoms with van der Waals surface area (Å²) in [6.07, 6.45) is 3.57. The Hall–Kier alpha value is -1.73. The molecule has 25 heavy (non-hydrogen) atoms. The van der Waals surface area contributed by atoms with Gasteiger partial charge in [-0.05, 0) is 12.0 Å². The number of benzene rings is 1. The lowest BCUT2D eigenvalue weighted by atomic mass is 10.0. The first-order chi connectivity index (χ1) is 11.8. The molecule has 0 radical (unpaired) electrons. The van der Waals surface area contributed by atoms with Crippen LogP contribution < -0.4 is 0 Å². The topological polar surface area (TPSA) is 74.8 Å². The van der Waals surface area contributed by atoms with E-state index >= 15 is 0 Å². The Kier molecular flexibility index (Phi) is 6.72. The molecule has 0 aromatic heterocycles. The summed E-state index contributed by atoms with van der Waals surface area (Å²) >= 11 is 0. The first kappa shape index (κ1) is 19.6. The summed E-state index contributed by atoms with van der Waals surface area (Å²) < 4.78 is 24.3. The maximum absolute atomic E-state index is 12.2. The number of rotatable bonds is 7. The first-order valence-electron chi connectivity index (χ1n) is 8.66. The second-order valence-electron chi connectivity index (χ2n) is 6.41. The monoisotopic (exact) mass is 366 g/mol. The van der Waals surface area contributed by atoms with Crippen molar-refractivity contribution in [2.45, 2.75) is 32.6 Å². The summed E-state index contributed by atoms with van der Waals surface area (Å²) in [6.45, 7) is 3.51. The molecule has 1 aliphatic heterocycles. The van der Waals surface area contributed by atoms with E-state index in [-0.39, 0.29) is 24.5 Å². The van der Waals surface area contributed by atoms with Crippen molar-refractivity contribution in [3.63, 3.8) is 0 Å². The van der Waals surface area contributed by atoms with Crippen LogP contribution in [0.5, 0.6) is 0 Å². The van der Waals surface area contributed by atoms with Gasteiger partial charge in [-0.1, -0.05) is 37.6 Å². The van der Waals surface area contributed by atoms with Crippen LogP contribution in [0, 0.1) is 0 Å². The van der Waals surface area contributed by atoms with Crippen LogP contribution in [0.25, 0.3) is 0 Å². The average Bonchev–Trinajstić information content (AvgIpc) is 2.59. The van der Waals surface area contributed by atoms with Crippen LogP contribution in [0.3, 0.4) is 0 Å². The molecular formula is C18H26N2O4S. The predicted octanol–water partition coefficient (Wildman–Crippen LogP) is 1.71. The van der Waals surface area contributed by atoms with Crippen LogP contribution in [-0.4, -0.2) is 61.7 Å². The molecule has 1 heterocycles. The number of Topliss-reactive ketones (excluding diaryl/α,β-unsaturated/α-hetero) is 1. The molecule has 1 fully saturated rings. The molecule has 0 saturated carbocycles. The normalized spacial score (nSPS) is 16.0. The van der Waals surface area contributed by atoms with Gasteiger partial charge in [0, 0.05) is 44.6 Å². The molecular weight excluding hydrogens is 340 g/mol. The molecule has 0 spiro atoms. The summed E-state index contributed by atoms with van der Waals surface area (Å²) in [6, 6.07) is 7.57.